The topological polar surface area (TPSA) is 46.3 Å². The molecule has 0 atom stereocenters. The van der Waals surface area contributed by atoms with Gasteiger partial charge in [-0.05, 0) is 31.2 Å². The number of hydrogen-bond donors (Lipinski definition) is 1. The fourth-order valence-corrected chi connectivity index (χ4v) is 1.39. The summed E-state index contributed by atoms with van der Waals surface area (Å²) in [6, 6.07) is 6.76. The standard InChI is InChI=1S/C12H12NO2.Rb/c1-3-11-8(2)15-12(13-11)9-4-6-10(14)7-5-9;/h4-7,14H,1,3H2,2H3;/q-1;+1. The van der Waals surface area contributed by atoms with Crippen molar-refractivity contribution < 1.29 is 67.7 Å². The van der Waals surface area contributed by atoms with Crippen LogP contribution in [0.25, 0.3) is 11.5 Å². The van der Waals surface area contributed by atoms with E-state index < -0.39 is 0 Å². The van der Waals surface area contributed by atoms with Crippen molar-refractivity contribution in [3.63, 3.8) is 0 Å². The van der Waals surface area contributed by atoms with Gasteiger partial charge in [0.25, 0.3) is 0 Å². The van der Waals surface area contributed by atoms with E-state index in [4.69, 9.17) is 9.52 Å². The van der Waals surface area contributed by atoms with Gasteiger partial charge in [-0.1, -0.05) is 0 Å². The summed E-state index contributed by atoms with van der Waals surface area (Å²) in [5.41, 5.74) is 1.73. The predicted molar refractivity (Wildman–Crippen MR) is 57.4 cm³/mol. The van der Waals surface area contributed by atoms with Crippen molar-refractivity contribution in [2.75, 3.05) is 0 Å². The number of aromatic hydroxyl groups is 1. The van der Waals surface area contributed by atoms with E-state index in [-0.39, 0.29) is 63.9 Å². The Bertz CT molecular complexity index is 462. The molecule has 0 fully saturated rings. The van der Waals surface area contributed by atoms with Crippen molar-refractivity contribution in [2.45, 2.75) is 13.3 Å². The number of oxazole rings is 1. The molecule has 1 aromatic carbocycles. The number of phenolic OH excluding ortho intramolecular Hbond substituents is 1. The summed E-state index contributed by atoms with van der Waals surface area (Å²) in [5.74, 6) is 1.61. The Morgan fingerprint density at radius 3 is 2.44 bits per heavy atom. The zero-order valence-electron chi connectivity index (χ0n) is 9.53. The van der Waals surface area contributed by atoms with Gasteiger partial charge >= 0.3 is 58.2 Å². The van der Waals surface area contributed by atoms with Crippen LogP contribution < -0.4 is 58.2 Å². The third-order valence-corrected chi connectivity index (χ3v) is 2.24. The Morgan fingerprint density at radius 2 is 1.94 bits per heavy atom. The van der Waals surface area contributed by atoms with E-state index in [9.17, 15) is 0 Å². The maximum atomic E-state index is 9.15. The van der Waals surface area contributed by atoms with Crippen LogP contribution in [0, 0.1) is 13.8 Å². The maximum absolute atomic E-state index is 9.15. The minimum Gasteiger partial charge on any atom is -0.508 e. The molecule has 0 aliphatic carbocycles. The number of nitrogens with zero attached hydrogens (tertiary/aromatic N) is 1. The molecule has 0 unspecified atom stereocenters. The quantitative estimate of drug-likeness (QED) is 0.774. The van der Waals surface area contributed by atoms with Gasteiger partial charge < -0.3 is 16.4 Å². The molecule has 0 amide bonds. The van der Waals surface area contributed by atoms with Gasteiger partial charge in [-0.25, -0.2) is 4.98 Å². The van der Waals surface area contributed by atoms with Crippen LogP contribution in [0.3, 0.4) is 0 Å². The van der Waals surface area contributed by atoms with E-state index >= 15 is 0 Å². The fourth-order valence-electron chi connectivity index (χ4n) is 1.39. The summed E-state index contributed by atoms with van der Waals surface area (Å²) in [6.45, 7) is 5.65. The first kappa shape index (κ1) is 14.1. The molecular weight excluding hydrogens is 276 g/mol. The minimum atomic E-state index is 0. The normalized spacial score (nSPS) is 9.88. The molecule has 78 valence electrons. The molecule has 0 saturated carbocycles. The van der Waals surface area contributed by atoms with Crippen molar-refractivity contribution in [3.05, 3.63) is 42.6 Å². The number of benzene rings is 1. The molecule has 2 aromatic rings. The van der Waals surface area contributed by atoms with Gasteiger partial charge in [0.05, 0.1) is 5.69 Å². The monoisotopic (exact) mass is 287 g/mol. The molecule has 0 spiro atoms. The van der Waals surface area contributed by atoms with Crippen molar-refractivity contribution >= 4 is 0 Å². The van der Waals surface area contributed by atoms with Gasteiger partial charge in [0, 0.05) is 5.56 Å². The van der Waals surface area contributed by atoms with Crippen LogP contribution >= 0.6 is 0 Å². The van der Waals surface area contributed by atoms with Gasteiger partial charge in [-0.3, -0.25) is 0 Å². The van der Waals surface area contributed by atoms with Gasteiger partial charge in [0.15, 0.2) is 0 Å². The average molecular weight is 288 g/mol. The minimum absolute atomic E-state index is 0. The van der Waals surface area contributed by atoms with E-state index in [1.165, 1.54) is 0 Å². The van der Waals surface area contributed by atoms with E-state index in [0.29, 0.717) is 12.3 Å². The van der Waals surface area contributed by atoms with Crippen molar-refractivity contribution in [3.8, 4) is 17.2 Å². The van der Waals surface area contributed by atoms with Crippen molar-refractivity contribution in [2.24, 2.45) is 0 Å². The predicted octanol–water partition coefficient (Wildman–Crippen LogP) is -0.264. The molecule has 0 saturated heterocycles. The summed E-state index contributed by atoms with van der Waals surface area (Å²) < 4.78 is 5.50. The summed E-state index contributed by atoms with van der Waals surface area (Å²) in [6.07, 6.45) is 0.618. The van der Waals surface area contributed by atoms with Crippen LogP contribution in [0.2, 0.25) is 0 Å². The first-order valence-corrected chi connectivity index (χ1v) is 4.75. The summed E-state index contributed by atoms with van der Waals surface area (Å²) in [4.78, 5) is 4.32. The van der Waals surface area contributed by atoms with E-state index in [1.807, 2.05) is 6.92 Å². The molecule has 1 heterocycles. The molecule has 0 radical (unpaired) electrons. The molecule has 0 bridgehead atoms. The van der Waals surface area contributed by atoms with Gasteiger partial charge in [0.2, 0.25) is 5.89 Å². The van der Waals surface area contributed by atoms with Gasteiger partial charge in [-0.2, -0.15) is 0 Å². The summed E-state index contributed by atoms with van der Waals surface area (Å²) in [5, 5.41) is 9.15. The molecule has 1 aromatic heterocycles. The second-order valence-corrected chi connectivity index (χ2v) is 3.32. The number of aryl methyl sites for hydroxylation is 1. The third-order valence-electron chi connectivity index (χ3n) is 2.24. The van der Waals surface area contributed by atoms with E-state index in [2.05, 4.69) is 11.9 Å². The second kappa shape index (κ2) is 6.10. The molecule has 0 aliphatic heterocycles. The zero-order chi connectivity index (χ0) is 10.8. The number of aromatic nitrogens is 1. The molecule has 16 heavy (non-hydrogen) atoms. The Kier molecular flexibility index (Phi) is 5.37. The summed E-state index contributed by atoms with van der Waals surface area (Å²) in [7, 11) is 0. The van der Waals surface area contributed by atoms with E-state index in [1.54, 1.807) is 24.3 Å². The Morgan fingerprint density at radius 1 is 1.31 bits per heavy atom. The number of phenols is 1. The molecule has 4 heteroatoms. The molecular formula is C12H12NO2Rb. The molecule has 2 rings (SSSR count). The fraction of sp³-hybridized carbons (Fsp3) is 0.167. The maximum Gasteiger partial charge on any atom is 1.00 e. The third kappa shape index (κ3) is 3.03. The number of rotatable bonds is 2. The van der Waals surface area contributed by atoms with Crippen LogP contribution in [-0.2, 0) is 6.42 Å². The second-order valence-electron chi connectivity index (χ2n) is 3.32. The van der Waals surface area contributed by atoms with Crippen LogP contribution in [0.5, 0.6) is 5.75 Å². The smallest absolute Gasteiger partial charge is 0.508 e. The molecule has 0 aliphatic rings. The first-order valence-electron chi connectivity index (χ1n) is 4.75. The molecule has 3 nitrogen and oxygen atoms in total. The molecule has 1 N–H and O–H groups in total. The average Bonchev–Trinajstić information content (AvgIpc) is 2.61. The zero-order valence-corrected chi connectivity index (χ0v) is 14.4. The van der Waals surface area contributed by atoms with Crippen molar-refractivity contribution in [1.82, 2.24) is 4.98 Å². The van der Waals surface area contributed by atoms with Crippen LogP contribution in [0.1, 0.15) is 11.5 Å². The largest absolute Gasteiger partial charge is 1.00 e. The van der Waals surface area contributed by atoms with Crippen LogP contribution in [-0.4, -0.2) is 10.1 Å². The SMILES string of the molecule is [CH2-]Cc1nc(-c2ccc(O)cc2)oc1C.[Rb+]. The van der Waals surface area contributed by atoms with E-state index in [0.717, 1.165) is 17.0 Å². The van der Waals surface area contributed by atoms with Crippen molar-refractivity contribution in [1.29, 1.82) is 0 Å². The Balaban J connectivity index is 0.00000128. The van der Waals surface area contributed by atoms with Crippen LogP contribution in [0.15, 0.2) is 28.7 Å². The first-order chi connectivity index (χ1) is 7.20. The Labute approximate surface area is 144 Å². The summed E-state index contributed by atoms with van der Waals surface area (Å²) >= 11 is 0. The Hall–Kier alpha value is 0.0352. The van der Waals surface area contributed by atoms with Crippen LogP contribution in [0.4, 0.5) is 0 Å². The number of hydrogen-bond acceptors (Lipinski definition) is 3. The van der Waals surface area contributed by atoms with Gasteiger partial charge in [-0.15, -0.1) is 6.42 Å². The van der Waals surface area contributed by atoms with Gasteiger partial charge in [0.1, 0.15) is 11.5 Å².